The summed E-state index contributed by atoms with van der Waals surface area (Å²) in [5.74, 6) is -3.12. The molecule has 0 rings (SSSR count). The third-order valence-corrected chi connectivity index (χ3v) is 2.08. The lowest BCUT2D eigenvalue weighted by Gasteiger charge is -2.21. The first kappa shape index (κ1) is 11.8. The summed E-state index contributed by atoms with van der Waals surface area (Å²) in [5.41, 5.74) is 0. The van der Waals surface area contributed by atoms with Crippen LogP contribution in [0.3, 0.4) is 0 Å². The Balaban J connectivity index is 4.51. The largest absolute Gasteiger partial charge is 0.481 e. The molecule has 1 amide bonds. The molecule has 0 bridgehead atoms. The first-order chi connectivity index (χ1) is 5.86. The zero-order valence-corrected chi connectivity index (χ0v) is 8.08. The number of rotatable bonds is 4. The molecule has 2 atom stereocenters. The first-order valence-electron chi connectivity index (χ1n) is 3.35. The highest BCUT2D eigenvalue weighted by atomic mass is 31.0. The maximum absolute atomic E-state index is 10.7. The molecular formula is C6H10NO5P. The molecule has 0 aromatic heterocycles. The molecule has 0 aromatic rings. The van der Waals surface area contributed by atoms with E-state index in [1.165, 1.54) is 0 Å². The monoisotopic (exact) mass is 207 g/mol. The number of carboxylic acid groups (broad SMARTS) is 2. The number of hydrogen-bond donors (Lipinski definition) is 2. The van der Waals surface area contributed by atoms with Gasteiger partial charge in [0, 0.05) is 6.92 Å². The van der Waals surface area contributed by atoms with Crippen molar-refractivity contribution < 1.29 is 24.6 Å². The van der Waals surface area contributed by atoms with E-state index >= 15 is 0 Å². The smallest absolute Gasteiger partial charge is 0.327 e. The summed E-state index contributed by atoms with van der Waals surface area (Å²) in [6, 6.07) is -1.33. The van der Waals surface area contributed by atoms with Gasteiger partial charge in [-0.15, -0.1) is 0 Å². The van der Waals surface area contributed by atoms with Crippen molar-refractivity contribution in [3.8, 4) is 0 Å². The molecule has 0 aromatic carbocycles. The lowest BCUT2D eigenvalue weighted by molar-refractivity contribution is -0.150. The molecule has 0 saturated carbocycles. The van der Waals surface area contributed by atoms with Crippen LogP contribution in [-0.2, 0) is 14.4 Å². The molecule has 2 N–H and O–H groups in total. The van der Waals surface area contributed by atoms with Crippen molar-refractivity contribution in [3.05, 3.63) is 0 Å². The maximum Gasteiger partial charge on any atom is 0.327 e. The molecule has 13 heavy (non-hydrogen) atoms. The molecule has 0 fully saturated rings. The van der Waals surface area contributed by atoms with Crippen molar-refractivity contribution in [1.29, 1.82) is 0 Å². The Labute approximate surface area is 76.8 Å². The topological polar surface area (TPSA) is 94.9 Å². The SMILES string of the molecule is CC(=O)N(P)[C@@H](CC(=O)O)C(=O)O. The van der Waals surface area contributed by atoms with E-state index in [1.807, 2.05) is 9.39 Å². The lowest BCUT2D eigenvalue weighted by atomic mass is 10.2. The molecule has 74 valence electrons. The molecular weight excluding hydrogens is 197 g/mol. The lowest BCUT2D eigenvalue weighted by Crippen LogP contribution is -2.38. The summed E-state index contributed by atoms with van der Waals surface area (Å²) in [7, 11) is 1.89. The molecule has 0 heterocycles. The Morgan fingerprint density at radius 2 is 1.85 bits per heavy atom. The molecule has 0 aliphatic carbocycles. The van der Waals surface area contributed by atoms with E-state index in [1.54, 1.807) is 0 Å². The van der Waals surface area contributed by atoms with E-state index in [4.69, 9.17) is 10.2 Å². The standard InChI is InChI=1S/C6H10NO5P/c1-3(8)7(13)4(6(11)12)2-5(9)10/h4H,2,13H2,1H3,(H,9,10)(H,11,12)/t4-/m0/s1. The van der Waals surface area contributed by atoms with Crippen LogP contribution < -0.4 is 0 Å². The van der Waals surface area contributed by atoms with Crippen molar-refractivity contribution in [2.45, 2.75) is 19.4 Å². The highest BCUT2D eigenvalue weighted by molar-refractivity contribution is 7.14. The number of carbonyl (C=O) groups excluding carboxylic acids is 1. The number of nitrogens with zero attached hydrogens (tertiary/aromatic N) is 1. The maximum atomic E-state index is 10.7. The highest BCUT2D eigenvalue weighted by Crippen LogP contribution is 2.10. The number of carbonyl (C=O) groups is 3. The number of amides is 1. The van der Waals surface area contributed by atoms with Crippen molar-refractivity contribution in [1.82, 2.24) is 4.67 Å². The van der Waals surface area contributed by atoms with Gasteiger partial charge in [-0.25, -0.2) is 4.79 Å². The predicted octanol–water partition coefficient (Wildman–Crippen LogP) is -0.447. The van der Waals surface area contributed by atoms with Gasteiger partial charge in [-0.3, -0.25) is 9.59 Å². The van der Waals surface area contributed by atoms with E-state index in [0.717, 1.165) is 11.6 Å². The van der Waals surface area contributed by atoms with Gasteiger partial charge in [0.2, 0.25) is 5.91 Å². The van der Waals surface area contributed by atoms with E-state index in [2.05, 4.69) is 0 Å². The second-order valence-corrected chi connectivity index (χ2v) is 2.93. The molecule has 0 aliphatic rings. The van der Waals surface area contributed by atoms with E-state index in [-0.39, 0.29) is 0 Å². The summed E-state index contributed by atoms with van der Waals surface area (Å²) in [4.78, 5) is 31.5. The van der Waals surface area contributed by atoms with Crippen LogP contribution in [0.4, 0.5) is 0 Å². The van der Waals surface area contributed by atoms with Crippen molar-refractivity contribution >= 4 is 27.2 Å². The van der Waals surface area contributed by atoms with Crippen LogP contribution >= 0.6 is 9.39 Å². The summed E-state index contributed by atoms with van der Waals surface area (Å²) in [6.07, 6.45) is -0.613. The Hall–Kier alpha value is -1.16. The third-order valence-electron chi connectivity index (χ3n) is 1.35. The van der Waals surface area contributed by atoms with Gasteiger partial charge in [0.05, 0.1) is 6.42 Å². The fourth-order valence-corrected chi connectivity index (χ4v) is 0.922. The fourth-order valence-electron chi connectivity index (χ4n) is 0.690. The van der Waals surface area contributed by atoms with Gasteiger partial charge >= 0.3 is 11.9 Å². The van der Waals surface area contributed by atoms with Crippen LogP contribution in [0.25, 0.3) is 0 Å². The van der Waals surface area contributed by atoms with Crippen molar-refractivity contribution in [2.75, 3.05) is 0 Å². The van der Waals surface area contributed by atoms with Gasteiger partial charge in [0.1, 0.15) is 6.04 Å². The highest BCUT2D eigenvalue weighted by Gasteiger charge is 2.27. The number of hydrogen-bond acceptors (Lipinski definition) is 3. The minimum Gasteiger partial charge on any atom is -0.481 e. The number of aliphatic carboxylic acids is 2. The molecule has 0 radical (unpaired) electrons. The molecule has 1 unspecified atom stereocenters. The molecule has 7 heteroatoms. The van der Waals surface area contributed by atoms with Gasteiger partial charge in [-0.2, -0.15) is 0 Å². The van der Waals surface area contributed by atoms with Crippen LogP contribution in [0.1, 0.15) is 13.3 Å². The second-order valence-electron chi connectivity index (χ2n) is 2.38. The van der Waals surface area contributed by atoms with Gasteiger partial charge in [-0.05, 0) is 9.39 Å². The Morgan fingerprint density at radius 3 is 2.08 bits per heavy atom. The molecule has 6 nitrogen and oxygen atoms in total. The fraction of sp³-hybridized carbons (Fsp3) is 0.500. The van der Waals surface area contributed by atoms with E-state index in [9.17, 15) is 14.4 Å². The summed E-state index contributed by atoms with van der Waals surface area (Å²) < 4.78 is 0.802. The summed E-state index contributed by atoms with van der Waals surface area (Å²) in [5, 5.41) is 16.9. The van der Waals surface area contributed by atoms with Crippen molar-refractivity contribution in [3.63, 3.8) is 0 Å². The Bertz CT molecular complexity index is 241. The van der Waals surface area contributed by atoms with Gasteiger partial charge < -0.3 is 14.9 Å². The zero-order valence-electron chi connectivity index (χ0n) is 6.93. The third kappa shape index (κ3) is 3.85. The van der Waals surface area contributed by atoms with Crippen LogP contribution in [0, 0.1) is 0 Å². The van der Waals surface area contributed by atoms with Gasteiger partial charge in [0.25, 0.3) is 0 Å². The van der Waals surface area contributed by atoms with Gasteiger partial charge in [-0.1, -0.05) is 0 Å². The molecule has 0 aliphatic heterocycles. The quantitative estimate of drug-likeness (QED) is 0.609. The van der Waals surface area contributed by atoms with Crippen LogP contribution in [0.2, 0.25) is 0 Å². The Morgan fingerprint density at radius 1 is 1.38 bits per heavy atom. The van der Waals surface area contributed by atoms with E-state index < -0.39 is 30.3 Å². The normalized spacial score (nSPS) is 11.8. The van der Waals surface area contributed by atoms with Gasteiger partial charge in [0.15, 0.2) is 0 Å². The summed E-state index contributed by atoms with van der Waals surface area (Å²) in [6.45, 7) is 1.16. The number of carboxylic acids is 2. The summed E-state index contributed by atoms with van der Waals surface area (Å²) >= 11 is 0. The van der Waals surface area contributed by atoms with Crippen LogP contribution in [-0.4, -0.2) is 38.8 Å². The average molecular weight is 207 g/mol. The Kier molecular flexibility index (Phi) is 4.34. The second kappa shape index (κ2) is 4.77. The minimum absolute atomic E-state index is 0.515. The molecule has 0 saturated heterocycles. The van der Waals surface area contributed by atoms with Crippen LogP contribution in [0.5, 0.6) is 0 Å². The zero-order chi connectivity index (χ0) is 10.6. The first-order valence-corrected chi connectivity index (χ1v) is 3.87. The van der Waals surface area contributed by atoms with E-state index in [0.29, 0.717) is 0 Å². The average Bonchev–Trinajstić information content (AvgIpc) is 1.97. The van der Waals surface area contributed by atoms with Crippen LogP contribution in [0.15, 0.2) is 0 Å². The van der Waals surface area contributed by atoms with Crippen molar-refractivity contribution in [2.24, 2.45) is 0 Å². The minimum atomic E-state index is -1.34. The molecule has 0 spiro atoms. The predicted molar refractivity (Wildman–Crippen MR) is 45.9 cm³/mol.